The summed E-state index contributed by atoms with van der Waals surface area (Å²) in [5.41, 5.74) is 3.39. The molecule has 1 aliphatic rings. The molecular weight excluding hydrogens is 406 g/mol. The third-order valence-corrected chi connectivity index (χ3v) is 5.63. The Morgan fingerprint density at radius 2 is 2.00 bits per heavy atom. The molecule has 0 N–H and O–H groups in total. The highest BCUT2D eigenvalue weighted by Gasteiger charge is 2.20. The lowest BCUT2D eigenvalue weighted by atomic mass is 10.2. The number of thioether (sulfide) groups is 1. The molecule has 0 radical (unpaired) electrons. The maximum Gasteiger partial charge on any atom is 0.284 e. The fourth-order valence-electron chi connectivity index (χ4n) is 3.44. The van der Waals surface area contributed by atoms with Gasteiger partial charge in [-0.05, 0) is 44.2 Å². The monoisotopic (exact) mass is 423 g/mol. The fraction of sp³-hybridized carbons (Fsp3) is 0.190. The Morgan fingerprint density at radius 1 is 1.13 bits per heavy atom. The van der Waals surface area contributed by atoms with Gasteiger partial charge in [-0.2, -0.15) is 0 Å². The van der Waals surface area contributed by atoms with Crippen molar-refractivity contribution in [3.8, 4) is 28.8 Å². The number of carbonyl (C=O) groups is 1. The van der Waals surface area contributed by atoms with Crippen LogP contribution in [0.1, 0.15) is 21.7 Å². The minimum Gasteiger partial charge on any atom is -0.459 e. The molecule has 0 unspecified atom stereocenters. The Morgan fingerprint density at radius 3 is 2.83 bits per heavy atom. The second-order valence-electron chi connectivity index (χ2n) is 6.72. The fourth-order valence-corrected chi connectivity index (χ4v) is 4.09. The van der Waals surface area contributed by atoms with Crippen molar-refractivity contribution in [3.05, 3.63) is 59.6 Å². The number of rotatable bonds is 6. The number of hydrogen-bond donors (Lipinski definition) is 0. The number of furan rings is 1. The molecule has 0 fully saturated rings. The van der Waals surface area contributed by atoms with Gasteiger partial charge < -0.3 is 22.9 Å². The number of Topliss-reactive ketones (excluding diaryl/α,β-unsaturated/α-hetero) is 1. The molecule has 0 spiro atoms. The lowest BCUT2D eigenvalue weighted by molar-refractivity contribution is 0.102. The first-order chi connectivity index (χ1) is 14.6. The predicted octanol–water partition coefficient (Wildman–Crippen LogP) is 4.44. The molecule has 0 atom stereocenters. The zero-order chi connectivity index (χ0) is 20.7. The second-order valence-corrected chi connectivity index (χ2v) is 7.65. The molecule has 1 aliphatic heterocycles. The van der Waals surface area contributed by atoms with Crippen LogP contribution in [0.5, 0.6) is 11.5 Å². The normalized spacial score (nSPS) is 12.5. The van der Waals surface area contributed by atoms with Gasteiger partial charge in [-0.15, -0.1) is 10.2 Å². The predicted molar refractivity (Wildman–Crippen MR) is 108 cm³/mol. The van der Waals surface area contributed by atoms with Gasteiger partial charge in [-0.3, -0.25) is 4.79 Å². The largest absolute Gasteiger partial charge is 0.459 e. The second kappa shape index (κ2) is 7.42. The Balaban J connectivity index is 1.33. The molecule has 0 bridgehead atoms. The van der Waals surface area contributed by atoms with Crippen molar-refractivity contribution in [1.82, 2.24) is 14.8 Å². The minimum absolute atomic E-state index is 0.0159. The van der Waals surface area contributed by atoms with E-state index in [9.17, 15) is 4.79 Å². The number of fused-ring (bicyclic) bond motifs is 1. The van der Waals surface area contributed by atoms with Crippen LogP contribution in [0.15, 0.2) is 56.7 Å². The third kappa shape index (κ3) is 3.26. The van der Waals surface area contributed by atoms with Gasteiger partial charge in [0.15, 0.2) is 23.0 Å². The molecule has 1 aromatic carbocycles. The van der Waals surface area contributed by atoms with Gasteiger partial charge in [-0.1, -0.05) is 11.8 Å². The van der Waals surface area contributed by atoms with Crippen molar-refractivity contribution in [1.29, 1.82) is 0 Å². The van der Waals surface area contributed by atoms with Gasteiger partial charge in [0, 0.05) is 28.7 Å². The maximum atomic E-state index is 12.9. The number of aryl methyl sites for hydroxylation is 1. The molecule has 0 aliphatic carbocycles. The highest BCUT2D eigenvalue weighted by atomic mass is 32.2. The van der Waals surface area contributed by atoms with E-state index in [-0.39, 0.29) is 24.2 Å². The van der Waals surface area contributed by atoms with E-state index in [1.54, 1.807) is 12.1 Å². The quantitative estimate of drug-likeness (QED) is 0.332. The van der Waals surface area contributed by atoms with Crippen LogP contribution in [-0.2, 0) is 0 Å². The Hall–Kier alpha value is -3.46. The Bertz CT molecular complexity index is 1230. The van der Waals surface area contributed by atoms with E-state index in [1.165, 1.54) is 18.0 Å². The zero-order valence-corrected chi connectivity index (χ0v) is 17.1. The first-order valence-corrected chi connectivity index (χ1v) is 10.2. The Kier molecular flexibility index (Phi) is 4.59. The lowest BCUT2D eigenvalue weighted by Gasteiger charge is -2.10. The lowest BCUT2D eigenvalue weighted by Crippen LogP contribution is -2.05. The van der Waals surface area contributed by atoms with Crippen molar-refractivity contribution < 1.29 is 23.1 Å². The van der Waals surface area contributed by atoms with Gasteiger partial charge in [0.1, 0.15) is 0 Å². The van der Waals surface area contributed by atoms with Gasteiger partial charge >= 0.3 is 0 Å². The molecule has 152 valence electrons. The summed E-state index contributed by atoms with van der Waals surface area (Å²) in [5, 5.41) is 8.23. The number of ketones is 1. The SMILES string of the molecule is Cc1cc(C(=O)CSc2nnc(-c3ccco3)o2)c(C)n1-c1ccc2c(c1)OCO2. The summed E-state index contributed by atoms with van der Waals surface area (Å²) in [5.74, 6) is 2.38. The molecule has 0 saturated carbocycles. The molecule has 0 amide bonds. The summed E-state index contributed by atoms with van der Waals surface area (Å²) in [6, 6.07) is 11.1. The first kappa shape index (κ1) is 18.6. The van der Waals surface area contributed by atoms with Crippen LogP contribution in [0.4, 0.5) is 0 Å². The van der Waals surface area contributed by atoms with E-state index in [2.05, 4.69) is 10.2 Å². The van der Waals surface area contributed by atoms with Crippen molar-refractivity contribution in [3.63, 3.8) is 0 Å². The summed E-state index contributed by atoms with van der Waals surface area (Å²) < 4.78 is 23.7. The standard InChI is InChI=1S/C21H17N3O5S/c1-12-8-15(13(2)24(12)14-5-6-17-19(9-14)28-11-27-17)16(25)10-30-21-23-22-20(29-21)18-4-3-7-26-18/h3-9H,10-11H2,1-2H3. The summed E-state index contributed by atoms with van der Waals surface area (Å²) >= 11 is 1.20. The summed E-state index contributed by atoms with van der Waals surface area (Å²) in [6.45, 7) is 4.12. The number of nitrogens with zero attached hydrogens (tertiary/aromatic N) is 3. The van der Waals surface area contributed by atoms with Crippen LogP contribution in [-0.4, -0.2) is 33.1 Å². The number of aromatic nitrogens is 3. The molecule has 4 heterocycles. The van der Waals surface area contributed by atoms with Crippen molar-refractivity contribution in [2.75, 3.05) is 12.5 Å². The molecule has 4 aromatic rings. The summed E-state index contributed by atoms with van der Waals surface area (Å²) in [6.07, 6.45) is 1.53. The molecule has 0 saturated heterocycles. The number of hydrogen-bond acceptors (Lipinski definition) is 8. The van der Waals surface area contributed by atoms with E-state index in [0.717, 1.165) is 22.8 Å². The van der Waals surface area contributed by atoms with Crippen LogP contribution < -0.4 is 9.47 Å². The van der Waals surface area contributed by atoms with E-state index in [4.69, 9.17) is 18.3 Å². The van der Waals surface area contributed by atoms with E-state index in [1.807, 2.05) is 42.7 Å². The van der Waals surface area contributed by atoms with Crippen LogP contribution in [0.3, 0.4) is 0 Å². The topological polar surface area (TPSA) is 92.5 Å². The maximum absolute atomic E-state index is 12.9. The average molecular weight is 423 g/mol. The highest BCUT2D eigenvalue weighted by Crippen LogP contribution is 2.35. The van der Waals surface area contributed by atoms with E-state index < -0.39 is 0 Å². The van der Waals surface area contributed by atoms with Crippen molar-refractivity contribution >= 4 is 17.5 Å². The molecule has 9 heteroatoms. The molecule has 30 heavy (non-hydrogen) atoms. The summed E-state index contributed by atoms with van der Waals surface area (Å²) in [7, 11) is 0. The highest BCUT2D eigenvalue weighted by molar-refractivity contribution is 7.99. The van der Waals surface area contributed by atoms with Crippen molar-refractivity contribution in [2.24, 2.45) is 0 Å². The number of benzene rings is 1. The van der Waals surface area contributed by atoms with Crippen molar-refractivity contribution in [2.45, 2.75) is 19.1 Å². The van der Waals surface area contributed by atoms with Crippen LogP contribution in [0, 0.1) is 13.8 Å². The van der Waals surface area contributed by atoms with Gasteiger partial charge in [0.05, 0.1) is 12.0 Å². The third-order valence-electron chi connectivity index (χ3n) is 4.81. The smallest absolute Gasteiger partial charge is 0.284 e. The van der Waals surface area contributed by atoms with E-state index in [0.29, 0.717) is 22.3 Å². The minimum atomic E-state index is -0.0159. The molecule has 5 rings (SSSR count). The average Bonchev–Trinajstić information content (AvgIpc) is 3.52. The molecule has 3 aromatic heterocycles. The molecular formula is C21H17N3O5S. The van der Waals surface area contributed by atoms with Crippen LogP contribution in [0.2, 0.25) is 0 Å². The first-order valence-electron chi connectivity index (χ1n) is 9.22. The number of ether oxygens (including phenoxy) is 2. The van der Waals surface area contributed by atoms with Gasteiger partial charge in [0.25, 0.3) is 11.1 Å². The Labute approximate surface area is 175 Å². The zero-order valence-electron chi connectivity index (χ0n) is 16.2. The van der Waals surface area contributed by atoms with Crippen LogP contribution >= 0.6 is 11.8 Å². The van der Waals surface area contributed by atoms with Gasteiger partial charge in [-0.25, -0.2) is 0 Å². The van der Waals surface area contributed by atoms with Gasteiger partial charge in [0.2, 0.25) is 6.79 Å². The number of carbonyl (C=O) groups excluding carboxylic acids is 1. The van der Waals surface area contributed by atoms with E-state index >= 15 is 0 Å². The summed E-state index contributed by atoms with van der Waals surface area (Å²) in [4.78, 5) is 12.9. The molecule has 8 nitrogen and oxygen atoms in total. The van der Waals surface area contributed by atoms with Crippen LogP contribution in [0.25, 0.3) is 17.3 Å².